The number of rotatable bonds is 5. The van der Waals surface area contributed by atoms with Gasteiger partial charge in [-0.05, 0) is 51.3 Å². The fourth-order valence-electron chi connectivity index (χ4n) is 4.59. The number of hydrogen-bond acceptors (Lipinski definition) is 7. The number of carboxylic acid groups (broad SMARTS) is 1. The molecule has 1 fully saturated rings. The number of anilines is 1. The van der Waals surface area contributed by atoms with E-state index < -0.39 is 17.7 Å². The van der Waals surface area contributed by atoms with Gasteiger partial charge < -0.3 is 20.1 Å². The monoisotopic (exact) mass is 506 g/mol. The summed E-state index contributed by atoms with van der Waals surface area (Å²) in [4.78, 5) is 43.8. The standard InChI is InChI=1S/C26H30N6O5/c1-26(2,3)37-24(35)28-18-10-7-11-31(15-18)20-12-19(23(33)34)29-22-21(20)32(25(36)30(22)4)14-17-9-6-5-8-16(17)13-27/h5-6,8-9,12,18H,7,10-11,14-15H2,1-4H3,(H,28,35)(H,33,34). The molecule has 1 aromatic carbocycles. The van der Waals surface area contributed by atoms with Crippen molar-refractivity contribution < 1.29 is 19.4 Å². The third-order valence-corrected chi connectivity index (χ3v) is 6.23. The molecule has 3 heterocycles. The summed E-state index contributed by atoms with van der Waals surface area (Å²) in [5.41, 5.74) is 1.16. The van der Waals surface area contributed by atoms with Crippen molar-refractivity contribution in [3.8, 4) is 6.07 Å². The Morgan fingerprint density at radius 3 is 2.70 bits per heavy atom. The van der Waals surface area contributed by atoms with E-state index in [0.717, 1.165) is 12.8 Å². The number of fused-ring (bicyclic) bond motifs is 1. The average Bonchev–Trinajstić information content (AvgIpc) is 3.07. The van der Waals surface area contributed by atoms with Gasteiger partial charge in [-0.3, -0.25) is 9.13 Å². The third-order valence-electron chi connectivity index (χ3n) is 6.23. The fourth-order valence-corrected chi connectivity index (χ4v) is 4.59. The van der Waals surface area contributed by atoms with Crippen LogP contribution in [0.4, 0.5) is 10.5 Å². The summed E-state index contributed by atoms with van der Waals surface area (Å²) in [7, 11) is 1.54. The predicted octanol–water partition coefficient (Wildman–Crippen LogP) is 2.85. The molecule has 1 amide bonds. The SMILES string of the molecule is Cn1c(=O)n(Cc2ccccc2C#N)c2c(N3CCCC(NC(=O)OC(C)(C)C)C3)cc(C(=O)O)nc21. The molecule has 1 aliphatic rings. The van der Waals surface area contributed by atoms with Gasteiger partial charge in [-0.2, -0.15) is 5.26 Å². The van der Waals surface area contributed by atoms with E-state index in [-0.39, 0.29) is 29.6 Å². The lowest BCUT2D eigenvalue weighted by Gasteiger charge is -2.35. The minimum atomic E-state index is -1.21. The number of aromatic carboxylic acids is 1. The van der Waals surface area contributed by atoms with Gasteiger partial charge >= 0.3 is 17.8 Å². The highest BCUT2D eigenvalue weighted by Gasteiger charge is 2.28. The molecule has 1 atom stereocenters. The van der Waals surface area contributed by atoms with E-state index in [9.17, 15) is 24.8 Å². The van der Waals surface area contributed by atoms with Gasteiger partial charge in [-0.25, -0.2) is 19.4 Å². The first-order valence-corrected chi connectivity index (χ1v) is 12.0. The molecule has 0 radical (unpaired) electrons. The number of carboxylic acids is 1. The second-order valence-corrected chi connectivity index (χ2v) is 10.1. The molecule has 1 saturated heterocycles. The Kier molecular flexibility index (Phi) is 6.94. The van der Waals surface area contributed by atoms with Crippen molar-refractivity contribution in [2.45, 2.75) is 51.8 Å². The van der Waals surface area contributed by atoms with Crippen molar-refractivity contribution in [2.24, 2.45) is 7.05 Å². The van der Waals surface area contributed by atoms with Gasteiger partial charge in [0.1, 0.15) is 11.1 Å². The smallest absolute Gasteiger partial charge is 0.407 e. The molecule has 11 nitrogen and oxygen atoms in total. The lowest BCUT2D eigenvalue weighted by molar-refractivity contribution is 0.0499. The zero-order valence-corrected chi connectivity index (χ0v) is 21.3. The molecule has 4 rings (SSSR count). The summed E-state index contributed by atoms with van der Waals surface area (Å²) in [6.45, 7) is 6.49. The summed E-state index contributed by atoms with van der Waals surface area (Å²) in [6.07, 6.45) is 0.948. The first-order chi connectivity index (χ1) is 17.5. The number of carbonyl (C=O) groups is 2. The lowest BCUT2D eigenvalue weighted by Crippen LogP contribution is -2.49. The van der Waals surface area contributed by atoms with Crippen LogP contribution < -0.4 is 15.9 Å². The molecule has 2 N–H and O–H groups in total. The van der Waals surface area contributed by atoms with Crippen LogP contribution in [0.15, 0.2) is 35.1 Å². The molecule has 0 aliphatic carbocycles. The van der Waals surface area contributed by atoms with Gasteiger partial charge in [0, 0.05) is 26.2 Å². The van der Waals surface area contributed by atoms with Crippen LogP contribution in [0.5, 0.6) is 0 Å². The van der Waals surface area contributed by atoms with Crippen LogP contribution in [0.3, 0.4) is 0 Å². The normalized spacial score (nSPS) is 15.9. The molecule has 11 heteroatoms. The summed E-state index contributed by atoms with van der Waals surface area (Å²) in [5, 5.41) is 22.2. The zero-order chi connectivity index (χ0) is 26.9. The third kappa shape index (κ3) is 5.43. The van der Waals surface area contributed by atoms with E-state index in [2.05, 4.69) is 16.4 Å². The Morgan fingerprint density at radius 1 is 1.30 bits per heavy atom. The predicted molar refractivity (Wildman–Crippen MR) is 137 cm³/mol. The van der Waals surface area contributed by atoms with Crippen molar-refractivity contribution in [3.63, 3.8) is 0 Å². The summed E-state index contributed by atoms with van der Waals surface area (Å²) in [5.74, 6) is -1.21. The molecule has 0 saturated carbocycles. The number of pyridine rings is 1. The molecule has 0 bridgehead atoms. The average molecular weight is 507 g/mol. The highest BCUT2D eigenvalue weighted by Crippen LogP contribution is 2.30. The minimum Gasteiger partial charge on any atom is -0.477 e. The number of carbonyl (C=O) groups excluding carboxylic acids is 1. The van der Waals surface area contributed by atoms with E-state index in [0.29, 0.717) is 35.4 Å². The Balaban J connectivity index is 1.79. The first kappa shape index (κ1) is 25.8. The van der Waals surface area contributed by atoms with Crippen LogP contribution in [0, 0.1) is 11.3 Å². The van der Waals surface area contributed by atoms with E-state index in [1.54, 1.807) is 52.1 Å². The van der Waals surface area contributed by atoms with Gasteiger partial charge in [0.15, 0.2) is 11.3 Å². The largest absolute Gasteiger partial charge is 0.477 e. The number of aryl methyl sites for hydroxylation is 1. The van der Waals surface area contributed by atoms with E-state index in [1.165, 1.54) is 15.2 Å². The Morgan fingerprint density at radius 2 is 2.03 bits per heavy atom. The lowest BCUT2D eigenvalue weighted by atomic mass is 10.0. The number of alkyl carbamates (subject to hydrolysis) is 1. The van der Waals surface area contributed by atoms with Gasteiger partial charge in [0.2, 0.25) is 0 Å². The van der Waals surface area contributed by atoms with Gasteiger partial charge in [-0.15, -0.1) is 0 Å². The van der Waals surface area contributed by atoms with Gasteiger partial charge in [0.05, 0.1) is 23.9 Å². The Bertz CT molecular complexity index is 1460. The maximum absolute atomic E-state index is 13.3. The number of piperidine rings is 1. The van der Waals surface area contributed by atoms with Crippen molar-refractivity contribution >= 4 is 28.9 Å². The molecule has 3 aromatic rings. The number of ether oxygens (including phenoxy) is 1. The number of nitrogens with one attached hydrogen (secondary N) is 1. The van der Waals surface area contributed by atoms with Crippen molar-refractivity contribution in [3.05, 3.63) is 57.6 Å². The quantitative estimate of drug-likeness (QED) is 0.538. The second-order valence-electron chi connectivity index (χ2n) is 10.1. The van der Waals surface area contributed by atoms with E-state index in [1.807, 2.05) is 4.90 Å². The van der Waals surface area contributed by atoms with Crippen molar-refractivity contribution in [2.75, 3.05) is 18.0 Å². The highest BCUT2D eigenvalue weighted by molar-refractivity contribution is 5.95. The topological polar surface area (TPSA) is 142 Å². The van der Waals surface area contributed by atoms with E-state index in [4.69, 9.17) is 4.74 Å². The van der Waals surface area contributed by atoms with Crippen LogP contribution in [-0.2, 0) is 18.3 Å². The molecule has 1 aliphatic heterocycles. The summed E-state index contributed by atoms with van der Waals surface area (Å²) >= 11 is 0. The molecule has 1 unspecified atom stereocenters. The number of nitriles is 1. The van der Waals surface area contributed by atoms with Crippen molar-refractivity contribution in [1.29, 1.82) is 5.26 Å². The maximum atomic E-state index is 13.3. The highest BCUT2D eigenvalue weighted by atomic mass is 16.6. The summed E-state index contributed by atoms with van der Waals surface area (Å²) < 4.78 is 8.24. The molecule has 0 spiro atoms. The molecular formula is C26H30N6O5. The van der Waals surface area contributed by atoms with Crippen LogP contribution in [0.2, 0.25) is 0 Å². The Labute approximate surface area is 213 Å². The number of benzene rings is 1. The Hall–Kier alpha value is -4.33. The first-order valence-electron chi connectivity index (χ1n) is 12.0. The molecule has 194 valence electrons. The summed E-state index contributed by atoms with van der Waals surface area (Å²) in [6, 6.07) is 10.4. The molecule has 2 aromatic heterocycles. The number of aromatic nitrogens is 3. The number of amides is 1. The van der Waals surface area contributed by atoms with Crippen LogP contribution in [0.1, 0.15) is 55.2 Å². The maximum Gasteiger partial charge on any atom is 0.407 e. The van der Waals surface area contributed by atoms with E-state index >= 15 is 0 Å². The minimum absolute atomic E-state index is 0.119. The van der Waals surface area contributed by atoms with Crippen LogP contribution >= 0.6 is 0 Å². The second kappa shape index (κ2) is 9.97. The fraction of sp³-hybridized carbons (Fsp3) is 0.423. The van der Waals surface area contributed by atoms with Crippen LogP contribution in [0.25, 0.3) is 11.2 Å². The number of hydrogen-bond donors (Lipinski definition) is 2. The molecule has 37 heavy (non-hydrogen) atoms. The molecular weight excluding hydrogens is 476 g/mol. The van der Waals surface area contributed by atoms with Gasteiger partial charge in [-0.1, -0.05) is 18.2 Å². The van der Waals surface area contributed by atoms with Gasteiger partial charge in [0.25, 0.3) is 0 Å². The van der Waals surface area contributed by atoms with Crippen LogP contribution in [-0.4, -0.2) is 56.0 Å². The zero-order valence-electron chi connectivity index (χ0n) is 21.3. The van der Waals surface area contributed by atoms with Crippen molar-refractivity contribution in [1.82, 2.24) is 19.4 Å². The number of imidazole rings is 1. The number of nitrogens with zero attached hydrogens (tertiary/aromatic N) is 5.